The zero-order valence-corrected chi connectivity index (χ0v) is 18.8. The van der Waals surface area contributed by atoms with Crippen LogP contribution in [-0.2, 0) is 16.0 Å². The fourth-order valence-corrected chi connectivity index (χ4v) is 4.11. The maximum absolute atomic E-state index is 13.5. The van der Waals surface area contributed by atoms with Gasteiger partial charge in [-0.05, 0) is 42.9 Å². The van der Waals surface area contributed by atoms with Crippen LogP contribution < -0.4 is 10.6 Å². The summed E-state index contributed by atoms with van der Waals surface area (Å²) in [6.07, 6.45) is 3.66. The molecule has 2 aromatic carbocycles. The molecule has 0 aromatic heterocycles. The molecule has 2 N–H and O–H groups in total. The molecule has 1 fully saturated rings. The number of piperidine rings is 1. The third kappa shape index (κ3) is 6.94. The number of nitrogens with zero attached hydrogens (tertiary/aromatic N) is 1. The Morgan fingerprint density at radius 2 is 1.72 bits per heavy atom. The molecule has 0 spiro atoms. The average Bonchev–Trinajstić information content (AvgIpc) is 2.83. The summed E-state index contributed by atoms with van der Waals surface area (Å²) in [5.41, 5.74) is 1.54. The summed E-state index contributed by atoms with van der Waals surface area (Å²) >= 11 is 0. The largest absolute Gasteiger partial charge is 0.356 e. The van der Waals surface area contributed by atoms with Gasteiger partial charge >= 0.3 is 0 Å². The van der Waals surface area contributed by atoms with E-state index < -0.39 is 6.04 Å². The summed E-state index contributed by atoms with van der Waals surface area (Å²) < 4.78 is 0. The molecule has 1 saturated heterocycles. The van der Waals surface area contributed by atoms with E-state index in [-0.39, 0.29) is 23.6 Å². The van der Waals surface area contributed by atoms with E-state index in [4.69, 9.17) is 0 Å². The van der Waals surface area contributed by atoms with Crippen molar-refractivity contribution in [2.24, 2.45) is 5.92 Å². The van der Waals surface area contributed by atoms with Crippen molar-refractivity contribution in [3.63, 3.8) is 0 Å². The Labute approximate surface area is 190 Å². The number of carbonyl (C=O) groups excluding carboxylic acids is 3. The molecule has 0 saturated carbocycles. The molecular weight excluding hydrogens is 402 g/mol. The Bertz CT molecular complexity index is 886. The number of benzene rings is 2. The topological polar surface area (TPSA) is 78.5 Å². The Balaban J connectivity index is 1.68. The van der Waals surface area contributed by atoms with Crippen LogP contribution in [0.3, 0.4) is 0 Å². The van der Waals surface area contributed by atoms with E-state index in [1.54, 1.807) is 12.1 Å². The summed E-state index contributed by atoms with van der Waals surface area (Å²) in [7, 11) is 0. The predicted octanol–water partition coefficient (Wildman–Crippen LogP) is 3.18. The fourth-order valence-electron chi connectivity index (χ4n) is 4.11. The van der Waals surface area contributed by atoms with Crippen LogP contribution in [0.5, 0.6) is 0 Å². The van der Waals surface area contributed by atoms with Crippen molar-refractivity contribution in [3.8, 4) is 0 Å². The normalized spacial score (nSPS) is 16.8. The van der Waals surface area contributed by atoms with E-state index >= 15 is 0 Å². The molecule has 3 amide bonds. The van der Waals surface area contributed by atoms with Crippen LogP contribution in [0.4, 0.5) is 0 Å². The highest BCUT2D eigenvalue weighted by atomic mass is 16.2. The Hall–Kier alpha value is -3.15. The zero-order valence-electron chi connectivity index (χ0n) is 18.8. The Kier molecular flexibility index (Phi) is 8.84. The van der Waals surface area contributed by atoms with Crippen LogP contribution in [0.25, 0.3) is 0 Å². The maximum atomic E-state index is 13.5. The standard InChI is InChI=1S/C26H33N3O3/c1-2-10-24(30)27-18-21-13-9-16-29(19-21)26(32)23(17-20-11-5-3-6-12-20)28-25(31)22-14-7-4-8-15-22/h3-8,11-12,14-15,21,23H,2,9-10,13,16-19H2,1H3,(H,27,30)(H,28,31). The quantitative estimate of drug-likeness (QED) is 0.635. The van der Waals surface area contributed by atoms with Crippen LogP contribution in [0.1, 0.15) is 48.5 Å². The lowest BCUT2D eigenvalue weighted by Crippen LogP contribution is -2.53. The monoisotopic (exact) mass is 435 g/mol. The van der Waals surface area contributed by atoms with Crippen molar-refractivity contribution in [2.75, 3.05) is 19.6 Å². The minimum absolute atomic E-state index is 0.0630. The van der Waals surface area contributed by atoms with Crippen molar-refractivity contribution < 1.29 is 14.4 Å². The zero-order chi connectivity index (χ0) is 22.8. The molecule has 170 valence electrons. The van der Waals surface area contributed by atoms with Crippen LogP contribution in [0.2, 0.25) is 0 Å². The Morgan fingerprint density at radius 1 is 1.03 bits per heavy atom. The van der Waals surface area contributed by atoms with Gasteiger partial charge < -0.3 is 15.5 Å². The molecule has 0 bridgehead atoms. The number of amides is 3. The first kappa shape index (κ1) is 23.5. The van der Waals surface area contributed by atoms with Crippen molar-refractivity contribution in [1.82, 2.24) is 15.5 Å². The van der Waals surface area contributed by atoms with Crippen LogP contribution >= 0.6 is 0 Å². The van der Waals surface area contributed by atoms with Gasteiger partial charge in [-0.2, -0.15) is 0 Å². The van der Waals surface area contributed by atoms with E-state index in [0.29, 0.717) is 38.0 Å². The number of nitrogens with one attached hydrogen (secondary N) is 2. The van der Waals surface area contributed by atoms with Crippen molar-refractivity contribution >= 4 is 17.7 Å². The van der Waals surface area contributed by atoms with Gasteiger partial charge in [-0.3, -0.25) is 14.4 Å². The molecule has 2 atom stereocenters. The van der Waals surface area contributed by atoms with Gasteiger partial charge in [0.2, 0.25) is 11.8 Å². The molecule has 2 aromatic rings. The van der Waals surface area contributed by atoms with Gasteiger partial charge in [0.1, 0.15) is 6.04 Å². The van der Waals surface area contributed by atoms with Crippen LogP contribution in [0.15, 0.2) is 60.7 Å². The summed E-state index contributed by atoms with van der Waals surface area (Å²) in [5, 5.41) is 5.95. The molecule has 1 aliphatic rings. The third-order valence-electron chi connectivity index (χ3n) is 5.82. The van der Waals surface area contributed by atoms with Gasteiger partial charge in [-0.25, -0.2) is 0 Å². The lowest BCUT2D eigenvalue weighted by atomic mass is 9.96. The fraction of sp³-hybridized carbons (Fsp3) is 0.423. The van der Waals surface area contributed by atoms with Gasteiger partial charge in [0.05, 0.1) is 0 Å². The SMILES string of the molecule is CCCC(=O)NCC1CCCN(C(=O)C(Cc2ccccc2)NC(=O)c2ccccc2)C1. The smallest absolute Gasteiger partial charge is 0.251 e. The van der Waals surface area contributed by atoms with E-state index in [1.165, 1.54) is 0 Å². The molecule has 2 unspecified atom stereocenters. The van der Waals surface area contributed by atoms with Gasteiger partial charge in [-0.1, -0.05) is 55.5 Å². The van der Waals surface area contributed by atoms with Crippen LogP contribution in [-0.4, -0.2) is 48.3 Å². The lowest BCUT2D eigenvalue weighted by Gasteiger charge is -2.35. The summed E-state index contributed by atoms with van der Waals surface area (Å²) in [4.78, 5) is 40.0. The summed E-state index contributed by atoms with van der Waals surface area (Å²) in [5.74, 6) is -0.0216. The summed E-state index contributed by atoms with van der Waals surface area (Å²) in [6.45, 7) is 3.84. The number of rotatable bonds is 9. The third-order valence-corrected chi connectivity index (χ3v) is 5.82. The minimum Gasteiger partial charge on any atom is -0.356 e. The molecule has 1 heterocycles. The molecule has 1 aliphatic heterocycles. The second-order valence-electron chi connectivity index (χ2n) is 8.43. The first-order valence-corrected chi connectivity index (χ1v) is 11.5. The first-order chi connectivity index (χ1) is 15.6. The number of hydrogen-bond donors (Lipinski definition) is 2. The highest BCUT2D eigenvalue weighted by Crippen LogP contribution is 2.18. The molecule has 0 aliphatic carbocycles. The molecule has 6 heteroatoms. The second-order valence-corrected chi connectivity index (χ2v) is 8.43. The Morgan fingerprint density at radius 3 is 2.41 bits per heavy atom. The number of hydrogen-bond acceptors (Lipinski definition) is 3. The minimum atomic E-state index is -0.640. The van der Waals surface area contributed by atoms with Gasteiger partial charge in [0.25, 0.3) is 5.91 Å². The van der Waals surface area contributed by atoms with Crippen molar-refractivity contribution in [2.45, 2.75) is 45.1 Å². The number of carbonyl (C=O) groups is 3. The molecular formula is C26H33N3O3. The number of likely N-dealkylation sites (tertiary alicyclic amines) is 1. The van der Waals surface area contributed by atoms with Crippen molar-refractivity contribution in [3.05, 3.63) is 71.8 Å². The van der Waals surface area contributed by atoms with E-state index in [2.05, 4.69) is 10.6 Å². The summed E-state index contributed by atoms with van der Waals surface area (Å²) in [6, 6.07) is 18.1. The maximum Gasteiger partial charge on any atom is 0.251 e. The van der Waals surface area contributed by atoms with Gasteiger partial charge in [0.15, 0.2) is 0 Å². The lowest BCUT2D eigenvalue weighted by molar-refractivity contribution is -0.135. The molecule has 0 radical (unpaired) electrons. The predicted molar refractivity (Wildman–Crippen MR) is 125 cm³/mol. The first-order valence-electron chi connectivity index (χ1n) is 11.5. The highest BCUT2D eigenvalue weighted by molar-refractivity contribution is 5.97. The van der Waals surface area contributed by atoms with E-state index in [0.717, 1.165) is 24.8 Å². The molecule has 6 nitrogen and oxygen atoms in total. The van der Waals surface area contributed by atoms with Gasteiger partial charge in [-0.15, -0.1) is 0 Å². The average molecular weight is 436 g/mol. The van der Waals surface area contributed by atoms with Crippen LogP contribution in [0, 0.1) is 5.92 Å². The second kappa shape index (κ2) is 12.0. The van der Waals surface area contributed by atoms with Gasteiger partial charge in [0, 0.05) is 38.0 Å². The highest BCUT2D eigenvalue weighted by Gasteiger charge is 2.30. The van der Waals surface area contributed by atoms with Crippen molar-refractivity contribution in [1.29, 1.82) is 0 Å². The molecule has 3 rings (SSSR count). The van der Waals surface area contributed by atoms with E-state index in [9.17, 15) is 14.4 Å². The van der Waals surface area contributed by atoms with E-state index in [1.807, 2.05) is 60.4 Å². The molecule has 32 heavy (non-hydrogen) atoms.